The van der Waals surface area contributed by atoms with E-state index in [1.165, 1.54) is 6.20 Å². The second-order valence-electron chi connectivity index (χ2n) is 5.50. The topological polar surface area (TPSA) is 58.4 Å². The Bertz CT molecular complexity index is 732. The number of hydrogen-bond acceptors (Lipinski definition) is 4. The maximum Gasteiger partial charge on any atom is 0.244 e. The lowest BCUT2D eigenvalue weighted by Crippen LogP contribution is -2.49. The Morgan fingerprint density at radius 3 is 2.64 bits per heavy atom. The monoisotopic (exact) mass is 300 g/mol. The van der Waals surface area contributed by atoms with E-state index in [4.69, 9.17) is 0 Å². The molecule has 6 nitrogen and oxygen atoms in total. The first-order chi connectivity index (χ1) is 10.7. The van der Waals surface area contributed by atoms with E-state index in [-0.39, 0.29) is 17.9 Å². The van der Waals surface area contributed by atoms with Crippen LogP contribution in [0.5, 0.6) is 0 Å². The van der Waals surface area contributed by atoms with Gasteiger partial charge in [-0.1, -0.05) is 19.1 Å². The molecule has 1 amide bonds. The van der Waals surface area contributed by atoms with Crippen LogP contribution < -0.4 is 5.43 Å². The summed E-state index contributed by atoms with van der Waals surface area (Å²) in [6.45, 7) is 6.67. The highest BCUT2D eigenvalue weighted by Crippen LogP contribution is 2.09. The third-order valence-electron chi connectivity index (χ3n) is 4.22. The highest BCUT2D eigenvalue weighted by Gasteiger charge is 2.20. The molecule has 1 aliphatic heterocycles. The zero-order valence-corrected chi connectivity index (χ0v) is 12.7. The number of nitrogens with zero attached hydrogens (tertiary/aromatic N) is 4. The molecule has 0 unspecified atom stereocenters. The van der Waals surface area contributed by atoms with E-state index in [0.717, 1.165) is 32.7 Å². The average molecular weight is 300 g/mol. The van der Waals surface area contributed by atoms with E-state index in [0.29, 0.717) is 10.9 Å². The molecule has 0 aliphatic carbocycles. The van der Waals surface area contributed by atoms with Crippen LogP contribution in [0.3, 0.4) is 0 Å². The van der Waals surface area contributed by atoms with Gasteiger partial charge in [-0.3, -0.25) is 14.3 Å². The van der Waals surface area contributed by atoms with Gasteiger partial charge in [0.05, 0.1) is 11.7 Å². The van der Waals surface area contributed by atoms with E-state index in [9.17, 15) is 9.59 Å². The average Bonchev–Trinajstić information content (AvgIpc) is 2.57. The van der Waals surface area contributed by atoms with Gasteiger partial charge in [0.2, 0.25) is 11.3 Å². The van der Waals surface area contributed by atoms with Crippen molar-refractivity contribution in [3.05, 3.63) is 40.7 Å². The Kier molecular flexibility index (Phi) is 4.20. The number of rotatable bonds is 3. The van der Waals surface area contributed by atoms with Gasteiger partial charge in [-0.2, -0.15) is 5.10 Å². The van der Waals surface area contributed by atoms with Crippen LogP contribution in [0, 0.1) is 0 Å². The zero-order chi connectivity index (χ0) is 15.5. The molecule has 3 rings (SSSR count). The maximum absolute atomic E-state index is 12.5. The summed E-state index contributed by atoms with van der Waals surface area (Å²) in [5, 5.41) is 4.72. The predicted molar refractivity (Wildman–Crippen MR) is 84.7 cm³/mol. The molecular weight excluding hydrogens is 280 g/mol. The SMILES string of the molecule is CCN1CCN(C(=O)Cn2ncc(=O)c3ccccc32)CC1. The van der Waals surface area contributed by atoms with Crippen molar-refractivity contribution >= 4 is 16.8 Å². The molecule has 0 spiro atoms. The van der Waals surface area contributed by atoms with Gasteiger partial charge in [0.25, 0.3) is 0 Å². The summed E-state index contributed by atoms with van der Waals surface area (Å²) < 4.78 is 1.62. The maximum atomic E-state index is 12.5. The molecule has 0 saturated carbocycles. The molecule has 22 heavy (non-hydrogen) atoms. The highest BCUT2D eigenvalue weighted by molar-refractivity contribution is 5.81. The van der Waals surface area contributed by atoms with Crippen molar-refractivity contribution in [2.45, 2.75) is 13.5 Å². The van der Waals surface area contributed by atoms with Gasteiger partial charge in [0.1, 0.15) is 6.54 Å². The van der Waals surface area contributed by atoms with Gasteiger partial charge in [-0.15, -0.1) is 0 Å². The van der Waals surface area contributed by atoms with Crippen LogP contribution in [0.15, 0.2) is 35.3 Å². The Hall–Kier alpha value is -2.21. The van der Waals surface area contributed by atoms with Crippen molar-refractivity contribution in [2.75, 3.05) is 32.7 Å². The molecule has 0 radical (unpaired) electrons. The van der Waals surface area contributed by atoms with Gasteiger partial charge in [-0.25, -0.2) is 0 Å². The fourth-order valence-electron chi connectivity index (χ4n) is 2.83. The van der Waals surface area contributed by atoms with Crippen molar-refractivity contribution in [1.82, 2.24) is 19.6 Å². The summed E-state index contributed by atoms with van der Waals surface area (Å²) in [7, 11) is 0. The van der Waals surface area contributed by atoms with Gasteiger partial charge < -0.3 is 9.80 Å². The van der Waals surface area contributed by atoms with E-state index >= 15 is 0 Å². The van der Waals surface area contributed by atoms with Crippen LogP contribution in [0.1, 0.15) is 6.92 Å². The van der Waals surface area contributed by atoms with Gasteiger partial charge in [-0.05, 0) is 18.7 Å². The summed E-state index contributed by atoms with van der Waals surface area (Å²) in [6, 6.07) is 7.26. The molecule has 1 aromatic carbocycles. The minimum Gasteiger partial charge on any atom is -0.339 e. The lowest BCUT2D eigenvalue weighted by molar-refractivity contribution is -0.133. The largest absolute Gasteiger partial charge is 0.339 e. The molecule has 2 aromatic rings. The molecule has 6 heteroatoms. The summed E-state index contributed by atoms with van der Waals surface area (Å²) >= 11 is 0. The van der Waals surface area contributed by atoms with Crippen molar-refractivity contribution in [3.63, 3.8) is 0 Å². The summed E-state index contributed by atoms with van der Waals surface area (Å²) in [6.07, 6.45) is 1.28. The van der Waals surface area contributed by atoms with Gasteiger partial charge in [0, 0.05) is 31.6 Å². The molecule has 0 N–H and O–H groups in total. The van der Waals surface area contributed by atoms with Crippen LogP contribution in [0.2, 0.25) is 0 Å². The van der Waals surface area contributed by atoms with Crippen molar-refractivity contribution in [3.8, 4) is 0 Å². The number of benzene rings is 1. The molecule has 1 saturated heterocycles. The molecular formula is C16H20N4O2. The number of aromatic nitrogens is 2. The van der Waals surface area contributed by atoms with Crippen LogP contribution >= 0.6 is 0 Å². The first-order valence-corrected chi connectivity index (χ1v) is 7.64. The number of carbonyl (C=O) groups is 1. The van der Waals surface area contributed by atoms with Gasteiger partial charge in [0.15, 0.2) is 0 Å². The van der Waals surface area contributed by atoms with Crippen LogP contribution in [0.25, 0.3) is 10.9 Å². The summed E-state index contributed by atoms with van der Waals surface area (Å²) in [5.41, 5.74) is 0.589. The lowest BCUT2D eigenvalue weighted by Gasteiger charge is -2.34. The number of piperazine rings is 1. The minimum atomic E-state index is -0.115. The number of para-hydroxylation sites is 1. The summed E-state index contributed by atoms with van der Waals surface area (Å²) in [4.78, 5) is 28.5. The second-order valence-corrected chi connectivity index (χ2v) is 5.50. The van der Waals surface area contributed by atoms with Crippen LogP contribution in [-0.4, -0.2) is 58.2 Å². The highest BCUT2D eigenvalue weighted by atomic mass is 16.2. The minimum absolute atomic E-state index is 0.0528. The fourth-order valence-corrected chi connectivity index (χ4v) is 2.83. The standard InChI is InChI=1S/C16H20N4O2/c1-2-18-7-9-19(10-8-18)16(22)12-20-14-6-4-3-5-13(14)15(21)11-17-20/h3-6,11H,2,7-10,12H2,1H3. The third-order valence-corrected chi connectivity index (χ3v) is 4.22. The first-order valence-electron chi connectivity index (χ1n) is 7.64. The fraction of sp³-hybridized carbons (Fsp3) is 0.438. The van der Waals surface area contributed by atoms with E-state index < -0.39 is 0 Å². The summed E-state index contributed by atoms with van der Waals surface area (Å²) in [5.74, 6) is 0.0528. The van der Waals surface area contributed by atoms with Crippen molar-refractivity contribution in [1.29, 1.82) is 0 Å². The Labute approximate surface area is 128 Å². The smallest absolute Gasteiger partial charge is 0.244 e. The molecule has 1 aromatic heterocycles. The van der Waals surface area contributed by atoms with Crippen LogP contribution in [-0.2, 0) is 11.3 Å². The van der Waals surface area contributed by atoms with E-state index in [1.54, 1.807) is 10.7 Å². The molecule has 0 atom stereocenters. The lowest BCUT2D eigenvalue weighted by atomic mass is 10.2. The first kappa shape index (κ1) is 14.7. The number of likely N-dealkylation sites (N-methyl/N-ethyl adjacent to an activating group) is 1. The predicted octanol–water partition coefficient (Wildman–Crippen LogP) is 0.561. The van der Waals surface area contributed by atoms with Crippen molar-refractivity contribution < 1.29 is 4.79 Å². The van der Waals surface area contributed by atoms with E-state index in [2.05, 4.69) is 16.9 Å². The number of hydrogen-bond donors (Lipinski definition) is 0. The number of amides is 1. The van der Waals surface area contributed by atoms with Crippen molar-refractivity contribution in [2.24, 2.45) is 0 Å². The number of carbonyl (C=O) groups excluding carboxylic acids is 1. The van der Waals surface area contributed by atoms with E-state index in [1.807, 2.05) is 23.1 Å². The second kappa shape index (κ2) is 6.27. The van der Waals surface area contributed by atoms with Crippen LogP contribution in [0.4, 0.5) is 0 Å². The third kappa shape index (κ3) is 2.87. The Morgan fingerprint density at radius 1 is 1.18 bits per heavy atom. The molecule has 1 fully saturated rings. The molecule has 2 heterocycles. The zero-order valence-electron chi connectivity index (χ0n) is 12.7. The normalized spacial score (nSPS) is 16.1. The Balaban J connectivity index is 1.78. The van der Waals surface area contributed by atoms with Gasteiger partial charge >= 0.3 is 0 Å². The molecule has 116 valence electrons. The Morgan fingerprint density at radius 2 is 1.91 bits per heavy atom. The number of fused-ring (bicyclic) bond motifs is 1. The quantitative estimate of drug-likeness (QED) is 0.831. The molecule has 0 bridgehead atoms. The molecule has 1 aliphatic rings.